The van der Waals surface area contributed by atoms with E-state index in [2.05, 4.69) is 16.7 Å². The molecule has 1 heterocycles. The summed E-state index contributed by atoms with van der Waals surface area (Å²) in [7, 11) is 0. The Labute approximate surface area is 66.2 Å². The number of hydrogen-bond donors (Lipinski definition) is 3. The molecule has 0 aromatic heterocycles. The number of hydrogen-bond acceptors (Lipinski definition) is 4. The molecule has 3 N–H and O–H groups in total. The van der Waals surface area contributed by atoms with Gasteiger partial charge in [0.05, 0.1) is 6.07 Å². The maximum absolute atomic E-state index is 8.72. The second-order valence-electron chi connectivity index (χ2n) is 2.80. The predicted octanol–water partition coefficient (Wildman–Crippen LogP) is -1.18. The summed E-state index contributed by atoms with van der Waals surface area (Å²) in [6, 6.07) is 2.22. The smallest absolute Gasteiger partial charge is 0.131 e. The summed E-state index contributed by atoms with van der Waals surface area (Å²) in [5.41, 5.74) is -0.352. The van der Waals surface area contributed by atoms with Crippen molar-refractivity contribution < 1.29 is 5.11 Å². The van der Waals surface area contributed by atoms with E-state index >= 15 is 0 Å². The zero-order valence-electron chi connectivity index (χ0n) is 6.43. The molecule has 1 aliphatic rings. The fraction of sp³-hybridized carbons (Fsp3) is 0.857. The summed E-state index contributed by atoms with van der Waals surface area (Å²) in [5.74, 6) is 0. The molecule has 0 radical (unpaired) electrons. The van der Waals surface area contributed by atoms with Crippen LogP contribution in [0.4, 0.5) is 0 Å². The van der Waals surface area contributed by atoms with Crippen LogP contribution in [0.5, 0.6) is 0 Å². The van der Waals surface area contributed by atoms with Crippen LogP contribution in [0.1, 0.15) is 6.42 Å². The molecule has 62 valence electrons. The molecule has 4 nitrogen and oxygen atoms in total. The van der Waals surface area contributed by atoms with Crippen molar-refractivity contribution in [2.24, 2.45) is 0 Å². The van der Waals surface area contributed by atoms with Gasteiger partial charge in [0, 0.05) is 19.7 Å². The minimum atomic E-state index is -0.352. The van der Waals surface area contributed by atoms with Crippen molar-refractivity contribution in [3.8, 4) is 6.07 Å². The summed E-state index contributed by atoms with van der Waals surface area (Å²) in [5, 5.41) is 23.3. The highest BCUT2D eigenvalue weighted by atomic mass is 16.3. The second kappa shape index (κ2) is 3.67. The molecular weight excluding hydrogens is 142 g/mol. The van der Waals surface area contributed by atoms with Gasteiger partial charge in [-0.1, -0.05) is 0 Å². The average molecular weight is 155 g/mol. The monoisotopic (exact) mass is 155 g/mol. The molecule has 0 amide bonds. The van der Waals surface area contributed by atoms with E-state index in [1.165, 1.54) is 0 Å². The second-order valence-corrected chi connectivity index (χ2v) is 2.80. The van der Waals surface area contributed by atoms with Crippen LogP contribution in [0.3, 0.4) is 0 Å². The third-order valence-electron chi connectivity index (χ3n) is 1.87. The highest BCUT2D eigenvalue weighted by Gasteiger charge is 2.35. The first-order valence-electron chi connectivity index (χ1n) is 3.81. The first-order valence-corrected chi connectivity index (χ1v) is 3.81. The molecule has 0 atom stereocenters. The summed E-state index contributed by atoms with van der Waals surface area (Å²) in [6.07, 6.45) is 0.712. The molecule has 1 saturated heterocycles. The standard InChI is InChI=1S/C7H13N3O/c8-4-7(5-9-6-7)10-2-1-3-11/h9-11H,1-3,5-6H2. The number of aliphatic hydroxyl groups excluding tert-OH is 1. The first kappa shape index (κ1) is 8.47. The quantitative estimate of drug-likeness (QED) is 0.447. The average Bonchev–Trinajstić information content (AvgIpc) is 1.95. The van der Waals surface area contributed by atoms with E-state index in [0.29, 0.717) is 13.0 Å². The van der Waals surface area contributed by atoms with Crippen molar-refractivity contribution in [1.29, 1.82) is 5.26 Å². The molecule has 11 heavy (non-hydrogen) atoms. The van der Waals surface area contributed by atoms with Gasteiger partial charge in [0.1, 0.15) is 5.54 Å². The van der Waals surface area contributed by atoms with Gasteiger partial charge in [0.25, 0.3) is 0 Å². The Bertz CT molecular complexity index is 160. The minimum absolute atomic E-state index is 0.182. The van der Waals surface area contributed by atoms with Gasteiger partial charge in [-0.2, -0.15) is 5.26 Å². The number of nitriles is 1. The molecule has 0 bridgehead atoms. The van der Waals surface area contributed by atoms with E-state index in [-0.39, 0.29) is 12.1 Å². The van der Waals surface area contributed by atoms with E-state index in [9.17, 15) is 0 Å². The van der Waals surface area contributed by atoms with Crippen molar-refractivity contribution >= 4 is 0 Å². The lowest BCUT2D eigenvalue weighted by Crippen LogP contribution is -2.67. The molecule has 1 aliphatic heterocycles. The first-order chi connectivity index (χ1) is 5.33. The van der Waals surface area contributed by atoms with Gasteiger partial charge >= 0.3 is 0 Å². The number of rotatable bonds is 4. The Balaban J connectivity index is 2.18. The number of nitrogens with zero attached hydrogens (tertiary/aromatic N) is 1. The maximum atomic E-state index is 8.72. The minimum Gasteiger partial charge on any atom is -0.396 e. The Morgan fingerprint density at radius 3 is 2.73 bits per heavy atom. The highest BCUT2D eigenvalue weighted by molar-refractivity contribution is 5.16. The lowest BCUT2D eigenvalue weighted by molar-refractivity contribution is 0.252. The zero-order chi connectivity index (χ0) is 8.16. The van der Waals surface area contributed by atoms with E-state index in [0.717, 1.165) is 13.1 Å². The third-order valence-corrected chi connectivity index (χ3v) is 1.87. The van der Waals surface area contributed by atoms with Crippen LogP contribution in [-0.4, -0.2) is 36.9 Å². The molecule has 1 fully saturated rings. The fourth-order valence-electron chi connectivity index (χ4n) is 1.03. The summed E-state index contributed by atoms with van der Waals surface area (Å²) in [6.45, 7) is 2.33. The highest BCUT2D eigenvalue weighted by Crippen LogP contribution is 2.08. The lowest BCUT2D eigenvalue weighted by Gasteiger charge is -2.37. The van der Waals surface area contributed by atoms with E-state index in [4.69, 9.17) is 10.4 Å². The Kier molecular flexibility index (Phi) is 2.83. The molecular formula is C7H13N3O. The largest absolute Gasteiger partial charge is 0.396 e. The van der Waals surface area contributed by atoms with Crippen molar-refractivity contribution in [3.63, 3.8) is 0 Å². The Morgan fingerprint density at radius 1 is 1.64 bits per heavy atom. The molecule has 0 aromatic carbocycles. The van der Waals surface area contributed by atoms with Crippen molar-refractivity contribution in [2.45, 2.75) is 12.0 Å². The van der Waals surface area contributed by atoms with Gasteiger partial charge in [-0.25, -0.2) is 0 Å². The lowest BCUT2D eigenvalue weighted by atomic mass is 9.94. The normalized spacial score (nSPS) is 20.4. The third kappa shape index (κ3) is 1.90. The molecule has 0 aliphatic carbocycles. The Hall–Kier alpha value is -0.630. The summed E-state index contributed by atoms with van der Waals surface area (Å²) < 4.78 is 0. The summed E-state index contributed by atoms with van der Waals surface area (Å²) in [4.78, 5) is 0. The molecule has 1 rings (SSSR count). The molecule has 0 unspecified atom stereocenters. The molecule has 0 aromatic rings. The van der Waals surface area contributed by atoms with Gasteiger partial charge in [-0.05, 0) is 13.0 Å². The van der Waals surface area contributed by atoms with Crippen LogP contribution in [0.2, 0.25) is 0 Å². The van der Waals surface area contributed by atoms with Gasteiger partial charge in [-0.15, -0.1) is 0 Å². The topological polar surface area (TPSA) is 68.1 Å². The SMILES string of the molecule is N#CC1(NCCCO)CNC1. The van der Waals surface area contributed by atoms with Gasteiger partial charge < -0.3 is 10.4 Å². The van der Waals surface area contributed by atoms with Crippen molar-refractivity contribution in [2.75, 3.05) is 26.2 Å². The van der Waals surface area contributed by atoms with Crippen LogP contribution < -0.4 is 10.6 Å². The number of nitrogens with one attached hydrogen (secondary N) is 2. The van der Waals surface area contributed by atoms with E-state index in [1.54, 1.807) is 0 Å². The van der Waals surface area contributed by atoms with E-state index in [1.807, 2.05) is 0 Å². The molecule has 0 spiro atoms. The van der Waals surface area contributed by atoms with Gasteiger partial charge in [-0.3, -0.25) is 5.32 Å². The fourth-order valence-corrected chi connectivity index (χ4v) is 1.03. The Morgan fingerprint density at radius 2 is 2.36 bits per heavy atom. The van der Waals surface area contributed by atoms with Crippen LogP contribution in [0, 0.1) is 11.3 Å². The van der Waals surface area contributed by atoms with Crippen molar-refractivity contribution in [1.82, 2.24) is 10.6 Å². The maximum Gasteiger partial charge on any atom is 0.131 e. The van der Waals surface area contributed by atoms with Gasteiger partial charge in [0.15, 0.2) is 0 Å². The predicted molar refractivity (Wildman–Crippen MR) is 40.9 cm³/mol. The van der Waals surface area contributed by atoms with Crippen LogP contribution in [-0.2, 0) is 0 Å². The molecule has 0 saturated carbocycles. The van der Waals surface area contributed by atoms with Crippen LogP contribution >= 0.6 is 0 Å². The number of aliphatic hydroxyl groups is 1. The summed E-state index contributed by atoms with van der Waals surface area (Å²) >= 11 is 0. The van der Waals surface area contributed by atoms with E-state index < -0.39 is 0 Å². The van der Waals surface area contributed by atoms with Crippen molar-refractivity contribution in [3.05, 3.63) is 0 Å². The van der Waals surface area contributed by atoms with Crippen LogP contribution in [0.25, 0.3) is 0 Å². The zero-order valence-corrected chi connectivity index (χ0v) is 6.43. The molecule has 4 heteroatoms. The van der Waals surface area contributed by atoms with Crippen LogP contribution in [0.15, 0.2) is 0 Å². The van der Waals surface area contributed by atoms with Gasteiger partial charge in [0.2, 0.25) is 0 Å².